The first-order chi connectivity index (χ1) is 9.78. The summed E-state index contributed by atoms with van der Waals surface area (Å²) in [7, 11) is 0. The van der Waals surface area contributed by atoms with Crippen molar-refractivity contribution in [1.82, 2.24) is 10.2 Å². The molecule has 1 aromatic rings. The molecule has 1 atom stereocenters. The maximum Gasteiger partial charge on any atom is 0.407 e. The number of carbonyl (C=O) groups excluding carboxylic acids is 1. The van der Waals surface area contributed by atoms with Crippen molar-refractivity contribution in [3.63, 3.8) is 0 Å². The van der Waals surface area contributed by atoms with E-state index in [2.05, 4.69) is 11.4 Å². The van der Waals surface area contributed by atoms with Gasteiger partial charge in [0.05, 0.1) is 12.6 Å². The molecule has 0 radical (unpaired) electrons. The molecule has 1 aliphatic heterocycles. The molecule has 2 rings (SSSR count). The molecule has 0 aromatic heterocycles. The molecule has 1 heterocycles. The standard InChI is InChI=1S/C15H19N3O2/c16-8-10-18-9-4-7-14(11-18)17-15(19)20-12-13-5-2-1-3-6-13/h1-3,5-6,14H,4,7,9-12H2,(H,17,19). The lowest BCUT2D eigenvalue weighted by atomic mass is 10.1. The quantitative estimate of drug-likeness (QED) is 0.851. The zero-order valence-electron chi connectivity index (χ0n) is 11.4. The molecule has 1 aliphatic rings. The van der Waals surface area contributed by atoms with Gasteiger partial charge in [-0.3, -0.25) is 4.90 Å². The number of piperidine rings is 1. The molecular formula is C15H19N3O2. The van der Waals surface area contributed by atoms with Gasteiger partial charge in [-0.1, -0.05) is 30.3 Å². The first-order valence-electron chi connectivity index (χ1n) is 6.84. The highest BCUT2D eigenvalue weighted by molar-refractivity contribution is 5.67. The van der Waals surface area contributed by atoms with Crippen LogP contribution in [0.3, 0.4) is 0 Å². The molecule has 5 heteroatoms. The van der Waals surface area contributed by atoms with Crippen molar-refractivity contribution >= 4 is 6.09 Å². The predicted molar refractivity (Wildman–Crippen MR) is 74.8 cm³/mol. The highest BCUT2D eigenvalue weighted by Gasteiger charge is 2.21. The second-order valence-electron chi connectivity index (χ2n) is 4.94. The van der Waals surface area contributed by atoms with Gasteiger partial charge in [0.25, 0.3) is 0 Å². The van der Waals surface area contributed by atoms with Crippen molar-refractivity contribution in [2.75, 3.05) is 19.6 Å². The minimum absolute atomic E-state index is 0.0698. The van der Waals surface area contributed by atoms with Crippen LogP contribution >= 0.6 is 0 Å². The Kier molecular flexibility index (Phi) is 5.39. The number of nitrogens with one attached hydrogen (secondary N) is 1. The lowest BCUT2D eigenvalue weighted by molar-refractivity contribution is 0.126. The molecule has 1 aromatic carbocycles. The smallest absolute Gasteiger partial charge is 0.407 e. The summed E-state index contributed by atoms with van der Waals surface area (Å²) in [6.07, 6.45) is 1.53. The third-order valence-corrected chi connectivity index (χ3v) is 3.33. The van der Waals surface area contributed by atoms with Crippen molar-refractivity contribution in [2.24, 2.45) is 0 Å². The summed E-state index contributed by atoms with van der Waals surface area (Å²) >= 11 is 0. The van der Waals surface area contributed by atoms with Crippen molar-refractivity contribution in [2.45, 2.75) is 25.5 Å². The normalized spacial score (nSPS) is 19.1. The summed E-state index contributed by atoms with van der Waals surface area (Å²) < 4.78 is 5.19. The number of benzene rings is 1. The fraction of sp³-hybridized carbons (Fsp3) is 0.467. The van der Waals surface area contributed by atoms with Gasteiger partial charge in [0.15, 0.2) is 0 Å². The van der Waals surface area contributed by atoms with Crippen LogP contribution in [0.2, 0.25) is 0 Å². The van der Waals surface area contributed by atoms with Gasteiger partial charge in [0, 0.05) is 12.6 Å². The number of hydrogen-bond donors (Lipinski definition) is 1. The van der Waals surface area contributed by atoms with Gasteiger partial charge in [0.1, 0.15) is 6.61 Å². The Labute approximate surface area is 119 Å². The summed E-state index contributed by atoms with van der Waals surface area (Å²) in [6, 6.07) is 11.8. The zero-order valence-corrected chi connectivity index (χ0v) is 11.4. The lowest BCUT2D eigenvalue weighted by Crippen LogP contribution is -2.47. The molecule has 1 fully saturated rings. The highest BCUT2D eigenvalue weighted by atomic mass is 16.5. The SMILES string of the molecule is N#CCN1CCCC(NC(=O)OCc2ccccc2)C1. The van der Waals surface area contributed by atoms with E-state index < -0.39 is 6.09 Å². The maximum atomic E-state index is 11.7. The highest BCUT2D eigenvalue weighted by Crippen LogP contribution is 2.10. The Morgan fingerprint density at radius 2 is 2.25 bits per heavy atom. The molecule has 0 spiro atoms. The van der Waals surface area contributed by atoms with Gasteiger partial charge in [-0.25, -0.2) is 4.79 Å². The molecule has 1 saturated heterocycles. The minimum Gasteiger partial charge on any atom is -0.445 e. The van der Waals surface area contributed by atoms with E-state index in [0.717, 1.165) is 24.9 Å². The van der Waals surface area contributed by atoms with Crippen molar-refractivity contribution in [1.29, 1.82) is 5.26 Å². The van der Waals surface area contributed by atoms with E-state index in [-0.39, 0.29) is 12.6 Å². The van der Waals surface area contributed by atoms with Crippen LogP contribution in [-0.4, -0.2) is 36.7 Å². The number of alkyl carbamates (subject to hydrolysis) is 1. The Bertz CT molecular complexity index is 470. The number of rotatable bonds is 4. The molecule has 0 bridgehead atoms. The topological polar surface area (TPSA) is 65.4 Å². The predicted octanol–water partition coefficient (Wildman–Crippen LogP) is 1.90. The second-order valence-corrected chi connectivity index (χ2v) is 4.94. The lowest BCUT2D eigenvalue weighted by Gasteiger charge is -2.31. The molecule has 1 N–H and O–H groups in total. The van der Waals surface area contributed by atoms with Crippen LogP contribution in [0, 0.1) is 11.3 Å². The molecule has 20 heavy (non-hydrogen) atoms. The molecular weight excluding hydrogens is 254 g/mol. The van der Waals surface area contributed by atoms with E-state index >= 15 is 0 Å². The summed E-state index contributed by atoms with van der Waals surface area (Å²) in [6.45, 7) is 2.33. The van der Waals surface area contributed by atoms with E-state index in [1.807, 2.05) is 35.2 Å². The maximum absolute atomic E-state index is 11.7. The van der Waals surface area contributed by atoms with Crippen LogP contribution < -0.4 is 5.32 Å². The number of hydrogen-bond acceptors (Lipinski definition) is 4. The largest absolute Gasteiger partial charge is 0.445 e. The number of likely N-dealkylation sites (tertiary alicyclic amines) is 1. The third kappa shape index (κ3) is 4.56. The molecule has 0 saturated carbocycles. The first-order valence-corrected chi connectivity index (χ1v) is 6.84. The summed E-state index contributed by atoms with van der Waals surface area (Å²) in [5.74, 6) is 0. The average Bonchev–Trinajstić information content (AvgIpc) is 2.47. The fourth-order valence-electron chi connectivity index (χ4n) is 2.35. The molecule has 106 valence electrons. The van der Waals surface area contributed by atoms with E-state index in [1.165, 1.54) is 0 Å². The second kappa shape index (κ2) is 7.51. The summed E-state index contributed by atoms with van der Waals surface area (Å²) in [5, 5.41) is 11.6. The monoisotopic (exact) mass is 273 g/mol. The van der Waals surface area contributed by atoms with Gasteiger partial charge in [-0.15, -0.1) is 0 Å². The van der Waals surface area contributed by atoms with Crippen LogP contribution in [0.25, 0.3) is 0 Å². The van der Waals surface area contributed by atoms with E-state index in [9.17, 15) is 4.79 Å². The van der Waals surface area contributed by atoms with Crippen LogP contribution in [0.4, 0.5) is 4.79 Å². The minimum atomic E-state index is -0.391. The van der Waals surface area contributed by atoms with Gasteiger partial charge in [-0.05, 0) is 24.9 Å². The van der Waals surface area contributed by atoms with E-state index in [1.54, 1.807) is 0 Å². The van der Waals surface area contributed by atoms with Crippen LogP contribution in [0.1, 0.15) is 18.4 Å². The molecule has 1 unspecified atom stereocenters. The number of carbonyl (C=O) groups is 1. The number of nitriles is 1. The van der Waals surface area contributed by atoms with Gasteiger partial charge < -0.3 is 10.1 Å². The van der Waals surface area contributed by atoms with Gasteiger partial charge in [0.2, 0.25) is 0 Å². The Hall–Kier alpha value is -2.06. The van der Waals surface area contributed by atoms with Crippen molar-refractivity contribution in [3.8, 4) is 6.07 Å². The Balaban J connectivity index is 1.73. The van der Waals surface area contributed by atoms with Crippen LogP contribution in [-0.2, 0) is 11.3 Å². The molecule has 0 aliphatic carbocycles. The van der Waals surface area contributed by atoms with Crippen LogP contribution in [0.15, 0.2) is 30.3 Å². The number of nitrogens with zero attached hydrogens (tertiary/aromatic N) is 2. The van der Waals surface area contributed by atoms with Gasteiger partial charge in [-0.2, -0.15) is 5.26 Å². The Morgan fingerprint density at radius 3 is 3.00 bits per heavy atom. The zero-order chi connectivity index (χ0) is 14.2. The van der Waals surface area contributed by atoms with Crippen molar-refractivity contribution in [3.05, 3.63) is 35.9 Å². The fourth-order valence-corrected chi connectivity index (χ4v) is 2.35. The third-order valence-electron chi connectivity index (χ3n) is 3.33. The Morgan fingerprint density at radius 1 is 1.45 bits per heavy atom. The van der Waals surface area contributed by atoms with E-state index in [0.29, 0.717) is 13.1 Å². The van der Waals surface area contributed by atoms with Crippen LogP contribution in [0.5, 0.6) is 0 Å². The molecule has 1 amide bonds. The average molecular weight is 273 g/mol. The first kappa shape index (κ1) is 14.4. The summed E-state index contributed by atoms with van der Waals surface area (Å²) in [4.78, 5) is 13.8. The summed E-state index contributed by atoms with van der Waals surface area (Å²) in [5.41, 5.74) is 0.970. The number of amides is 1. The van der Waals surface area contributed by atoms with Crippen molar-refractivity contribution < 1.29 is 9.53 Å². The van der Waals surface area contributed by atoms with Gasteiger partial charge >= 0.3 is 6.09 Å². The van der Waals surface area contributed by atoms with E-state index in [4.69, 9.17) is 10.00 Å². The molecule has 5 nitrogen and oxygen atoms in total. The number of ether oxygens (including phenoxy) is 1.